The summed E-state index contributed by atoms with van der Waals surface area (Å²) in [7, 11) is 0. The lowest BCUT2D eigenvalue weighted by Crippen LogP contribution is -3.62. The van der Waals surface area contributed by atoms with Crippen LogP contribution in [0.4, 0.5) is 0 Å². The van der Waals surface area contributed by atoms with E-state index in [9.17, 15) is 0 Å². The number of pyridine rings is 1. The first-order valence-corrected chi connectivity index (χ1v) is 12.2. The second-order valence-corrected chi connectivity index (χ2v) is 11.1. The third kappa shape index (κ3) is 3.08. The van der Waals surface area contributed by atoms with Crippen molar-refractivity contribution < 1.29 is 21.2 Å². The minimum Gasteiger partial charge on any atom is -0.248 e. The number of rotatable bonds is 2. The first-order valence-electron chi connectivity index (χ1n) is 10.1. The molecule has 0 atom stereocenters. The summed E-state index contributed by atoms with van der Waals surface area (Å²) in [5.41, 5.74) is 16.8. The Morgan fingerprint density at radius 3 is 1.39 bits per heavy atom. The van der Waals surface area contributed by atoms with Crippen LogP contribution in [0.25, 0.3) is 10.9 Å². The van der Waals surface area contributed by atoms with Crippen LogP contribution < -0.4 is 21.2 Å². The van der Waals surface area contributed by atoms with E-state index in [0.29, 0.717) is 0 Å². The molecule has 0 amide bonds. The van der Waals surface area contributed by atoms with Gasteiger partial charge in [0, 0.05) is 22.1 Å². The summed E-state index contributed by atoms with van der Waals surface area (Å²) < 4.78 is 3.09. The molecule has 0 saturated heterocycles. The molecule has 148 valence electrons. The summed E-state index contributed by atoms with van der Waals surface area (Å²) in [5.74, 6) is 0. The molecule has 1 heterocycles. The number of benzene rings is 2. The quantitative estimate of drug-likeness (QED) is 0.503. The topological polar surface area (TPSA) is 12.9 Å². The molecule has 0 bridgehead atoms. The van der Waals surface area contributed by atoms with Crippen molar-refractivity contribution in [3.63, 3.8) is 0 Å². The van der Waals surface area contributed by atoms with E-state index in [1.807, 2.05) is 0 Å². The molecule has 3 aromatic rings. The van der Waals surface area contributed by atoms with Crippen LogP contribution in [0.1, 0.15) is 61.3 Å². The van der Waals surface area contributed by atoms with Gasteiger partial charge in [0.15, 0.2) is 0 Å². The predicted octanol–water partition coefficient (Wildman–Crippen LogP) is 3.76. The van der Waals surface area contributed by atoms with E-state index >= 15 is 0 Å². The summed E-state index contributed by atoms with van der Waals surface area (Å²) in [4.78, 5) is 5.14. The highest BCUT2D eigenvalue weighted by Crippen LogP contribution is 2.30. The Morgan fingerprint density at radius 2 is 0.857 bits per heavy atom. The SMILES string of the molecule is Cc1nc2c(C)c(C)c(C)c(C)c2c(C)c1[I+]c1c(C)c(C)c(C)c(C)c1C. The van der Waals surface area contributed by atoms with Gasteiger partial charge in [-0.2, -0.15) is 0 Å². The first kappa shape index (κ1) is 21.3. The highest BCUT2D eigenvalue weighted by atomic mass is 127. The molecule has 0 fully saturated rings. The Balaban J connectivity index is 2.33. The zero-order chi connectivity index (χ0) is 21.1. The molecule has 0 aliphatic carbocycles. The zero-order valence-electron chi connectivity index (χ0n) is 19.3. The molecule has 0 N–H and O–H groups in total. The minimum absolute atomic E-state index is 0.282. The standard InChI is InChI=1S/C26H33IN/c1-12-14(3)18(7)24(19(8)15(12)4)27-25-21(10)23-17(6)13(2)16(5)20(9)26(23)28-22(25)11/h1-11H3/q+1. The average Bonchev–Trinajstić information content (AvgIpc) is 2.66. The summed E-state index contributed by atoms with van der Waals surface area (Å²) in [6.07, 6.45) is 0. The first-order chi connectivity index (χ1) is 13.0. The zero-order valence-corrected chi connectivity index (χ0v) is 21.5. The summed E-state index contributed by atoms with van der Waals surface area (Å²) >= 11 is -0.282. The van der Waals surface area contributed by atoms with Crippen LogP contribution in [-0.4, -0.2) is 4.98 Å². The molecule has 0 saturated carbocycles. The van der Waals surface area contributed by atoms with Gasteiger partial charge in [0.2, 0.25) is 7.14 Å². The molecule has 2 heteroatoms. The number of hydrogen-bond acceptors (Lipinski definition) is 1. The maximum absolute atomic E-state index is 5.14. The Labute approximate surface area is 181 Å². The van der Waals surface area contributed by atoms with Crippen LogP contribution in [0.5, 0.6) is 0 Å². The van der Waals surface area contributed by atoms with E-state index in [1.54, 1.807) is 3.57 Å². The van der Waals surface area contributed by atoms with E-state index in [0.717, 1.165) is 0 Å². The summed E-state index contributed by atoms with van der Waals surface area (Å²) in [6.45, 7) is 25.0. The number of halogens is 1. The maximum Gasteiger partial charge on any atom is 0.360 e. The molecule has 3 rings (SSSR count). The maximum atomic E-state index is 5.14. The lowest BCUT2D eigenvalue weighted by atomic mass is 9.92. The Morgan fingerprint density at radius 1 is 0.429 bits per heavy atom. The van der Waals surface area contributed by atoms with E-state index < -0.39 is 0 Å². The molecule has 1 aromatic heterocycles. The second kappa shape index (κ2) is 7.44. The van der Waals surface area contributed by atoms with Crippen LogP contribution in [0, 0.1) is 83.3 Å². The van der Waals surface area contributed by atoms with Crippen molar-refractivity contribution in [2.24, 2.45) is 0 Å². The molecule has 0 aliphatic rings. The Kier molecular flexibility index (Phi) is 5.66. The number of aryl methyl sites for hydroxylation is 4. The van der Waals surface area contributed by atoms with Gasteiger partial charge in [0.05, 0.1) is 11.2 Å². The van der Waals surface area contributed by atoms with E-state index in [1.165, 1.54) is 75.8 Å². The fraction of sp³-hybridized carbons (Fsp3) is 0.423. The van der Waals surface area contributed by atoms with E-state index in [-0.39, 0.29) is 21.2 Å². The highest BCUT2D eigenvalue weighted by Gasteiger charge is 2.30. The van der Waals surface area contributed by atoms with Gasteiger partial charge in [-0.15, -0.1) is 0 Å². The van der Waals surface area contributed by atoms with Gasteiger partial charge in [-0.3, -0.25) is 0 Å². The minimum atomic E-state index is -0.282. The number of hydrogen-bond donors (Lipinski definition) is 0. The Hall–Kier alpha value is -1.42. The fourth-order valence-electron chi connectivity index (χ4n) is 4.32. The van der Waals surface area contributed by atoms with Gasteiger partial charge in [0.25, 0.3) is 0 Å². The summed E-state index contributed by atoms with van der Waals surface area (Å²) in [6, 6.07) is 0. The molecule has 2 aromatic carbocycles. The van der Waals surface area contributed by atoms with Crippen molar-refractivity contribution in [1.29, 1.82) is 0 Å². The van der Waals surface area contributed by atoms with Gasteiger partial charge in [-0.25, -0.2) is 4.98 Å². The molecule has 0 aliphatic heterocycles. The van der Waals surface area contributed by atoms with Crippen LogP contribution >= 0.6 is 0 Å². The molecule has 1 nitrogen and oxygen atoms in total. The van der Waals surface area contributed by atoms with Crippen molar-refractivity contribution in [3.8, 4) is 0 Å². The van der Waals surface area contributed by atoms with Crippen molar-refractivity contribution in [3.05, 3.63) is 68.5 Å². The third-order valence-corrected chi connectivity index (χ3v) is 11.3. The van der Waals surface area contributed by atoms with Gasteiger partial charge in [0.1, 0.15) is 0 Å². The van der Waals surface area contributed by atoms with Crippen LogP contribution in [0.15, 0.2) is 0 Å². The number of nitrogens with zero attached hydrogens (tertiary/aromatic N) is 1. The molecule has 0 radical (unpaired) electrons. The number of fused-ring (bicyclic) bond motifs is 1. The molecule has 0 unspecified atom stereocenters. The van der Waals surface area contributed by atoms with Gasteiger partial charge >= 0.3 is 21.2 Å². The molecule has 28 heavy (non-hydrogen) atoms. The fourth-order valence-corrected chi connectivity index (χ4v) is 7.66. The predicted molar refractivity (Wildman–Crippen MR) is 118 cm³/mol. The second-order valence-electron chi connectivity index (χ2n) is 8.39. The van der Waals surface area contributed by atoms with Crippen LogP contribution in [0.3, 0.4) is 0 Å². The van der Waals surface area contributed by atoms with Gasteiger partial charge in [-0.05, 0) is 115 Å². The Bertz CT molecular complexity index is 1110. The normalized spacial score (nSPS) is 11.5. The van der Waals surface area contributed by atoms with Gasteiger partial charge in [-0.1, -0.05) is 0 Å². The van der Waals surface area contributed by atoms with Crippen molar-refractivity contribution in [2.45, 2.75) is 76.2 Å². The van der Waals surface area contributed by atoms with Crippen LogP contribution in [0.2, 0.25) is 0 Å². The van der Waals surface area contributed by atoms with Crippen molar-refractivity contribution in [2.75, 3.05) is 0 Å². The van der Waals surface area contributed by atoms with Gasteiger partial charge < -0.3 is 0 Å². The number of aromatic nitrogens is 1. The highest BCUT2D eigenvalue weighted by molar-refractivity contribution is 5.90. The molecular formula is C26H33IN+. The smallest absolute Gasteiger partial charge is 0.248 e. The van der Waals surface area contributed by atoms with Crippen molar-refractivity contribution in [1.82, 2.24) is 4.98 Å². The summed E-state index contributed by atoms with van der Waals surface area (Å²) in [5, 5.41) is 1.39. The lowest BCUT2D eigenvalue weighted by Gasteiger charge is -2.16. The van der Waals surface area contributed by atoms with E-state index in [4.69, 9.17) is 4.98 Å². The lowest BCUT2D eigenvalue weighted by molar-refractivity contribution is -0.600. The van der Waals surface area contributed by atoms with E-state index in [2.05, 4.69) is 76.2 Å². The largest absolute Gasteiger partial charge is 0.360 e. The molecular weight excluding hydrogens is 453 g/mol. The van der Waals surface area contributed by atoms with Crippen LogP contribution in [-0.2, 0) is 0 Å². The monoisotopic (exact) mass is 486 g/mol. The third-order valence-electron chi connectivity index (χ3n) is 7.05. The van der Waals surface area contributed by atoms with Crippen molar-refractivity contribution >= 4 is 10.9 Å². The average molecular weight is 486 g/mol. The molecule has 0 spiro atoms.